The molecular formula is C21H26N6O. The molecule has 1 aliphatic rings. The van der Waals surface area contributed by atoms with Gasteiger partial charge in [0.2, 0.25) is 5.95 Å². The molecule has 2 aromatic heterocycles. The molecule has 1 aliphatic heterocycles. The Balaban J connectivity index is 1.48. The topological polar surface area (TPSA) is 59.3 Å². The molecule has 0 radical (unpaired) electrons. The number of benzene rings is 1. The van der Waals surface area contributed by atoms with Crippen molar-refractivity contribution in [2.24, 2.45) is 0 Å². The van der Waals surface area contributed by atoms with Crippen molar-refractivity contribution in [2.75, 3.05) is 45.3 Å². The van der Waals surface area contributed by atoms with Crippen LogP contribution < -0.4 is 4.90 Å². The highest BCUT2D eigenvalue weighted by atomic mass is 16.5. The van der Waals surface area contributed by atoms with Crippen molar-refractivity contribution in [1.82, 2.24) is 24.4 Å². The Bertz CT molecular complexity index is 882. The number of aromatic nitrogens is 4. The molecule has 0 bridgehead atoms. The molecule has 0 spiro atoms. The number of rotatable bonds is 6. The Labute approximate surface area is 165 Å². The second-order valence-electron chi connectivity index (χ2n) is 7.30. The first-order chi connectivity index (χ1) is 13.7. The molecule has 0 N–H and O–H groups in total. The number of anilines is 1. The lowest BCUT2D eigenvalue weighted by Gasteiger charge is -2.26. The molecule has 0 atom stereocenters. The average Bonchev–Trinajstić information content (AvgIpc) is 3.18. The largest absolute Gasteiger partial charge is 0.378 e. The van der Waals surface area contributed by atoms with Crippen LogP contribution in [0, 0.1) is 0 Å². The van der Waals surface area contributed by atoms with Crippen molar-refractivity contribution in [3.63, 3.8) is 0 Å². The van der Waals surface area contributed by atoms with Gasteiger partial charge in [-0.1, -0.05) is 24.3 Å². The van der Waals surface area contributed by atoms with Gasteiger partial charge in [-0.3, -0.25) is 0 Å². The Morgan fingerprint density at radius 2 is 1.64 bits per heavy atom. The number of hydrogen-bond donors (Lipinski definition) is 0. The van der Waals surface area contributed by atoms with E-state index in [1.54, 1.807) is 0 Å². The third kappa shape index (κ3) is 4.37. The molecular weight excluding hydrogens is 352 g/mol. The molecule has 0 aliphatic carbocycles. The number of nitrogens with zero attached hydrogens (tertiary/aromatic N) is 6. The van der Waals surface area contributed by atoms with Gasteiger partial charge in [-0.05, 0) is 25.2 Å². The van der Waals surface area contributed by atoms with Crippen LogP contribution in [-0.4, -0.2) is 64.8 Å². The summed E-state index contributed by atoms with van der Waals surface area (Å²) in [6.07, 6.45) is 7.54. The summed E-state index contributed by atoms with van der Waals surface area (Å²) < 4.78 is 7.52. The van der Waals surface area contributed by atoms with Crippen LogP contribution in [0.3, 0.4) is 0 Å². The third-order valence-electron chi connectivity index (χ3n) is 4.78. The van der Waals surface area contributed by atoms with Gasteiger partial charge in [-0.25, -0.2) is 15.0 Å². The van der Waals surface area contributed by atoms with E-state index in [0.717, 1.165) is 56.7 Å². The monoisotopic (exact) mass is 378 g/mol. The van der Waals surface area contributed by atoms with E-state index in [9.17, 15) is 0 Å². The van der Waals surface area contributed by atoms with E-state index in [1.807, 2.05) is 24.8 Å². The summed E-state index contributed by atoms with van der Waals surface area (Å²) in [5.41, 5.74) is 3.48. The van der Waals surface area contributed by atoms with Gasteiger partial charge in [0.05, 0.1) is 18.8 Å². The lowest BCUT2D eigenvalue weighted by Crippen LogP contribution is -2.37. The van der Waals surface area contributed by atoms with Gasteiger partial charge in [0, 0.05) is 51.0 Å². The number of ether oxygens (including phenoxy) is 1. The molecule has 1 aromatic carbocycles. The zero-order valence-corrected chi connectivity index (χ0v) is 16.5. The minimum atomic E-state index is 0.725. The molecule has 0 amide bonds. The molecule has 4 rings (SSSR count). The van der Waals surface area contributed by atoms with Gasteiger partial charge in [0.1, 0.15) is 5.82 Å². The maximum absolute atomic E-state index is 5.39. The molecule has 3 aromatic rings. The Morgan fingerprint density at radius 1 is 0.964 bits per heavy atom. The minimum absolute atomic E-state index is 0.725. The zero-order valence-electron chi connectivity index (χ0n) is 16.5. The summed E-state index contributed by atoms with van der Waals surface area (Å²) in [6.45, 7) is 4.83. The summed E-state index contributed by atoms with van der Waals surface area (Å²) in [5.74, 6) is 1.63. The Kier molecular flexibility index (Phi) is 5.64. The van der Waals surface area contributed by atoms with Gasteiger partial charge < -0.3 is 19.1 Å². The molecule has 3 heterocycles. The first kappa shape index (κ1) is 18.6. The number of imidazole rings is 1. The Hall–Kier alpha value is -2.77. The van der Waals surface area contributed by atoms with Crippen LogP contribution in [0.2, 0.25) is 0 Å². The van der Waals surface area contributed by atoms with Crippen LogP contribution in [0.5, 0.6) is 0 Å². The van der Waals surface area contributed by atoms with E-state index in [4.69, 9.17) is 4.74 Å². The van der Waals surface area contributed by atoms with Crippen molar-refractivity contribution in [1.29, 1.82) is 0 Å². The highest BCUT2D eigenvalue weighted by Gasteiger charge is 2.14. The molecule has 1 saturated heterocycles. The summed E-state index contributed by atoms with van der Waals surface area (Å²) in [5, 5.41) is 0. The number of morpholine rings is 1. The lowest BCUT2D eigenvalue weighted by atomic mass is 10.1. The summed E-state index contributed by atoms with van der Waals surface area (Å²) in [6, 6.07) is 8.74. The van der Waals surface area contributed by atoms with E-state index in [-0.39, 0.29) is 0 Å². The minimum Gasteiger partial charge on any atom is -0.378 e. The zero-order chi connectivity index (χ0) is 19.3. The quantitative estimate of drug-likeness (QED) is 0.656. The van der Waals surface area contributed by atoms with Crippen LogP contribution in [0.4, 0.5) is 5.95 Å². The van der Waals surface area contributed by atoms with Crippen LogP contribution in [0.15, 0.2) is 49.1 Å². The highest BCUT2D eigenvalue weighted by molar-refractivity contribution is 5.54. The molecule has 0 unspecified atom stereocenters. The fraction of sp³-hybridized carbons (Fsp3) is 0.381. The van der Waals surface area contributed by atoms with Crippen molar-refractivity contribution in [2.45, 2.75) is 13.1 Å². The molecule has 7 nitrogen and oxygen atoms in total. The predicted molar refractivity (Wildman–Crippen MR) is 109 cm³/mol. The van der Waals surface area contributed by atoms with Gasteiger partial charge in [0.25, 0.3) is 0 Å². The maximum Gasteiger partial charge on any atom is 0.225 e. The van der Waals surface area contributed by atoms with E-state index < -0.39 is 0 Å². The second-order valence-corrected chi connectivity index (χ2v) is 7.30. The summed E-state index contributed by atoms with van der Waals surface area (Å²) in [7, 11) is 4.16. The fourth-order valence-corrected chi connectivity index (χ4v) is 3.37. The molecule has 0 saturated carbocycles. The molecule has 1 fully saturated rings. The molecule has 28 heavy (non-hydrogen) atoms. The SMILES string of the molecule is CN(C)Cc1ccc(Cn2ccnc2-c2cnc(N3CCOCC3)nc2)cc1. The smallest absolute Gasteiger partial charge is 0.225 e. The van der Waals surface area contributed by atoms with Crippen molar-refractivity contribution < 1.29 is 4.74 Å². The van der Waals surface area contributed by atoms with E-state index in [0.29, 0.717) is 0 Å². The van der Waals surface area contributed by atoms with Crippen LogP contribution >= 0.6 is 0 Å². The van der Waals surface area contributed by atoms with Gasteiger partial charge in [0.15, 0.2) is 0 Å². The van der Waals surface area contributed by atoms with E-state index in [1.165, 1.54) is 11.1 Å². The van der Waals surface area contributed by atoms with Crippen LogP contribution in [-0.2, 0) is 17.8 Å². The normalized spacial score (nSPS) is 14.6. The predicted octanol–water partition coefficient (Wildman–Crippen LogP) is 2.29. The first-order valence-corrected chi connectivity index (χ1v) is 9.58. The standard InChI is InChI=1S/C21H26N6O/c1-25(2)15-17-3-5-18(6-4-17)16-27-8-7-22-20(27)19-13-23-21(24-14-19)26-9-11-28-12-10-26/h3-8,13-14H,9-12,15-16H2,1-2H3. The first-order valence-electron chi connectivity index (χ1n) is 9.58. The summed E-state index contributed by atoms with van der Waals surface area (Å²) in [4.78, 5) is 17.9. The van der Waals surface area contributed by atoms with E-state index in [2.05, 4.69) is 67.7 Å². The van der Waals surface area contributed by atoms with Crippen molar-refractivity contribution in [3.05, 3.63) is 60.2 Å². The average molecular weight is 378 g/mol. The Morgan fingerprint density at radius 3 is 2.32 bits per heavy atom. The molecule has 7 heteroatoms. The molecule has 146 valence electrons. The van der Waals surface area contributed by atoms with Gasteiger partial charge >= 0.3 is 0 Å². The van der Waals surface area contributed by atoms with Crippen LogP contribution in [0.1, 0.15) is 11.1 Å². The maximum atomic E-state index is 5.39. The third-order valence-corrected chi connectivity index (χ3v) is 4.78. The second kappa shape index (κ2) is 8.50. The lowest BCUT2D eigenvalue weighted by molar-refractivity contribution is 0.122. The van der Waals surface area contributed by atoms with Crippen molar-refractivity contribution >= 4 is 5.95 Å². The number of hydrogen-bond acceptors (Lipinski definition) is 6. The highest BCUT2D eigenvalue weighted by Crippen LogP contribution is 2.19. The summed E-state index contributed by atoms with van der Waals surface area (Å²) >= 11 is 0. The van der Waals surface area contributed by atoms with Crippen LogP contribution in [0.25, 0.3) is 11.4 Å². The van der Waals surface area contributed by atoms with Gasteiger partial charge in [-0.2, -0.15) is 0 Å². The van der Waals surface area contributed by atoms with Crippen molar-refractivity contribution in [3.8, 4) is 11.4 Å². The van der Waals surface area contributed by atoms with E-state index >= 15 is 0 Å². The fourth-order valence-electron chi connectivity index (χ4n) is 3.37. The van der Waals surface area contributed by atoms with Gasteiger partial charge in [-0.15, -0.1) is 0 Å².